The van der Waals surface area contributed by atoms with Crippen molar-refractivity contribution >= 4 is 17.2 Å². The largest absolute Gasteiger partial charge is 0.347 e. The zero-order valence-corrected chi connectivity index (χ0v) is 12.7. The maximum Gasteiger partial charge on any atom is 0.220 e. The van der Waals surface area contributed by atoms with Crippen LogP contribution in [0.25, 0.3) is 0 Å². The van der Waals surface area contributed by atoms with Crippen LogP contribution in [-0.4, -0.2) is 17.4 Å². The molecule has 2 unspecified atom stereocenters. The maximum atomic E-state index is 12.0. The first kappa shape index (κ1) is 16.1. The Hall–Kier alpha value is -0.940. The van der Waals surface area contributed by atoms with Crippen molar-refractivity contribution in [1.82, 2.24) is 10.3 Å². The van der Waals surface area contributed by atoms with Gasteiger partial charge >= 0.3 is 0 Å². The topological polar surface area (TPSA) is 68.0 Å². The lowest BCUT2D eigenvalue weighted by molar-refractivity contribution is -0.122. The van der Waals surface area contributed by atoms with Gasteiger partial charge in [0.05, 0.1) is 6.04 Å². The minimum Gasteiger partial charge on any atom is -0.347 e. The zero-order chi connectivity index (χ0) is 14.1. The van der Waals surface area contributed by atoms with Gasteiger partial charge in [0.1, 0.15) is 5.01 Å². The summed E-state index contributed by atoms with van der Waals surface area (Å²) >= 11 is 1.59. The lowest BCUT2D eigenvalue weighted by Gasteiger charge is -2.16. The smallest absolute Gasteiger partial charge is 0.220 e. The highest BCUT2D eigenvalue weighted by atomic mass is 32.1. The molecule has 4 nitrogen and oxygen atoms in total. The molecule has 2 atom stereocenters. The Morgan fingerprint density at radius 1 is 1.42 bits per heavy atom. The van der Waals surface area contributed by atoms with Crippen molar-refractivity contribution in [2.75, 3.05) is 6.54 Å². The molecular weight excluding hydrogens is 258 g/mol. The molecule has 3 N–H and O–H groups in total. The summed E-state index contributed by atoms with van der Waals surface area (Å²) in [6, 6.07) is 0.0575. The Morgan fingerprint density at radius 2 is 2.21 bits per heavy atom. The van der Waals surface area contributed by atoms with E-state index in [1.807, 2.05) is 5.38 Å². The SMILES string of the molecule is CCC(CCN)CCC(=O)NC(CC)c1nccs1. The predicted molar refractivity (Wildman–Crippen MR) is 80.0 cm³/mol. The number of nitrogens with zero attached hydrogens (tertiary/aromatic N) is 1. The predicted octanol–water partition coefficient (Wildman–Crippen LogP) is 2.87. The number of rotatable bonds is 9. The van der Waals surface area contributed by atoms with Crippen LogP contribution in [0.1, 0.15) is 57.0 Å². The van der Waals surface area contributed by atoms with E-state index < -0.39 is 0 Å². The molecule has 0 radical (unpaired) electrons. The van der Waals surface area contributed by atoms with Gasteiger partial charge in [-0.3, -0.25) is 4.79 Å². The van der Waals surface area contributed by atoms with E-state index in [4.69, 9.17) is 5.73 Å². The molecule has 1 rings (SSSR count). The van der Waals surface area contributed by atoms with Gasteiger partial charge < -0.3 is 11.1 Å². The van der Waals surface area contributed by atoms with Gasteiger partial charge in [-0.15, -0.1) is 11.3 Å². The lowest BCUT2D eigenvalue weighted by Crippen LogP contribution is -2.28. The summed E-state index contributed by atoms with van der Waals surface area (Å²) in [4.78, 5) is 16.2. The van der Waals surface area contributed by atoms with Crippen LogP contribution in [0, 0.1) is 5.92 Å². The molecule has 19 heavy (non-hydrogen) atoms. The first-order chi connectivity index (χ1) is 9.21. The number of carbonyl (C=O) groups excluding carboxylic acids is 1. The van der Waals surface area contributed by atoms with Crippen LogP contribution < -0.4 is 11.1 Å². The number of thiazole rings is 1. The number of hydrogen-bond acceptors (Lipinski definition) is 4. The van der Waals surface area contributed by atoms with Gasteiger partial charge in [-0.05, 0) is 31.7 Å². The molecule has 0 fully saturated rings. The molecule has 108 valence electrons. The molecular formula is C14H25N3OS. The Morgan fingerprint density at radius 3 is 2.74 bits per heavy atom. The first-order valence-corrected chi connectivity index (χ1v) is 7.98. The summed E-state index contributed by atoms with van der Waals surface area (Å²) < 4.78 is 0. The third kappa shape index (κ3) is 5.70. The van der Waals surface area contributed by atoms with Crippen molar-refractivity contribution < 1.29 is 4.79 Å². The van der Waals surface area contributed by atoms with Gasteiger partial charge in [0.25, 0.3) is 0 Å². The second kappa shape index (κ2) is 9.04. The summed E-state index contributed by atoms with van der Waals surface area (Å²) in [5.41, 5.74) is 5.57. The number of amides is 1. The molecule has 0 bridgehead atoms. The summed E-state index contributed by atoms with van der Waals surface area (Å²) in [5.74, 6) is 0.688. The molecule has 0 aliphatic rings. The third-order valence-electron chi connectivity index (χ3n) is 3.42. The van der Waals surface area contributed by atoms with Crippen LogP contribution >= 0.6 is 11.3 Å². The van der Waals surface area contributed by atoms with Crippen molar-refractivity contribution in [3.63, 3.8) is 0 Å². The summed E-state index contributed by atoms with van der Waals surface area (Å²) in [7, 11) is 0. The average molecular weight is 283 g/mol. The van der Waals surface area contributed by atoms with E-state index in [0.29, 0.717) is 18.9 Å². The van der Waals surface area contributed by atoms with Gasteiger partial charge in [-0.1, -0.05) is 20.3 Å². The van der Waals surface area contributed by atoms with Crippen LogP contribution in [0.15, 0.2) is 11.6 Å². The molecule has 1 aromatic heterocycles. The standard InChI is InChI=1S/C14H25N3OS/c1-3-11(7-8-15)5-6-13(18)17-12(4-2)14-16-9-10-19-14/h9-12H,3-8,15H2,1-2H3,(H,17,18). The van der Waals surface area contributed by atoms with Gasteiger partial charge in [0, 0.05) is 18.0 Å². The summed E-state index contributed by atoms with van der Waals surface area (Å²) in [6.45, 7) is 4.93. The van der Waals surface area contributed by atoms with Crippen LogP contribution in [-0.2, 0) is 4.79 Å². The summed E-state index contributed by atoms with van der Waals surface area (Å²) in [5, 5.41) is 6.00. The zero-order valence-electron chi connectivity index (χ0n) is 11.9. The molecule has 0 saturated heterocycles. The van der Waals surface area contributed by atoms with Gasteiger partial charge in [-0.25, -0.2) is 4.98 Å². The monoisotopic (exact) mass is 283 g/mol. The van der Waals surface area contributed by atoms with E-state index in [1.165, 1.54) is 0 Å². The fraction of sp³-hybridized carbons (Fsp3) is 0.714. The highest BCUT2D eigenvalue weighted by Gasteiger charge is 2.15. The van der Waals surface area contributed by atoms with E-state index in [0.717, 1.165) is 30.7 Å². The molecule has 0 spiro atoms. The minimum atomic E-state index is 0.0575. The Bertz CT molecular complexity index is 354. The van der Waals surface area contributed by atoms with E-state index in [9.17, 15) is 4.79 Å². The van der Waals surface area contributed by atoms with Crippen molar-refractivity contribution in [3.8, 4) is 0 Å². The maximum absolute atomic E-state index is 12.0. The van der Waals surface area contributed by atoms with E-state index in [-0.39, 0.29) is 11.9 Å². The van der Waals surface area contributed by atoms with Crippen molar-refractivity contribution in [2.24, 2.45) is 11.7 Å². The average Bonchev–Trinajstić information content (AvgIpc) is 2.94. The first-order valence-electron chi connectivity index (χ1n) is 7.10. The molecule has 0 aliphatic heterocycles. The number of carbonyl (C=O) groups is 1. The van der Waals surface area contributed by atoms with E-state index in [2.05, 4.69) is 24.1 Å². The Kier molecular flexibility index (Phi) is 7.67. The Labute approximate surface area is 119 Å². The molecule has 1 amide bonds. The van der Waals surface area contributed by atoms with Crippen molar-refractivity contribution in [3.05, 3.63) is 16.6 Å². The van der Waals surface area contributed by atoms with Gasteiger partial charge in [0.2, 0.25) is 5.91 Å². The van der Waals surface area contributed by atoms with Crippen molar-refractivity contribution in [1.29, 1.82) is 0 Å². The quantitative estimate of drug-likeness (QED) is 0.732. The molecule has 5 heteroatoms. The second-order valence-electron chi connectivity index (χ2n) is 4.79. The number of nitrogens with two attached hydrogens (primary N) is 1. The normalized spacial score (nSPS) is 14.1. The summed E-state index contributed by atoms with van der Waals surface area (Å²) in [6.07, 6.45) is 6.26. The second-order valence-corrected chi connectivity index (χ2v) is 5.72. The number of hydrogen-bond donors (Lipinski definition) is 2. The van der Waals surface area contributed by atoms with Gasteiger partial charge in [0.15, 0.2) is 0 Å². The number of aromatic nitrogens is 1. The molecule has 0 saturated carbocycles. The Balaban J connectivity index is 2.37. The minimum absolute atomic E-state index is 0.0575. The highest BCUT2D eigenvalue weighted by molar-refractivity contribution is 7.09. The molecule has 1 aromatic rings. The van der Waals surface area contributed by atoms with Crippen LogP contribution in [0.2, 0.25) is 0 Å². The molecule has 1 heterocycles. The van der Waals surface area contributed by atoms with Crippen LogP contribution in [0.5, 0.6) is 0 Å². The molecule has 0 aliphatic carbocycles. The van der Waals surface area contributed by atoms with Crippen molar-refractivity contribution in [2.45, 2.75) is 52.0 Å². The van der Waals surface area contributed by atoms with Gasteiger partial charge in [-0.2, -0.15) is 0 Å². The molecule has 0 aromatic carbocycles. The fourth-order valence-electron chi connectivity index (χ4n) is 2.13. The highest BCUT2D eigenvalue weighted by Crippen LogP contribution is 2.20. The van der Waals surface area contributed by atoms with Crippen LogP contribution in [0.3, 0.4) is 0 Å². The number of nitrogens with one attached hydrogen (secondary N) is 1. The fourth-order valence-corrected chi connectivity index (χ4v) is 2.91. The van der Waals surface area contributed by atoms with Crippen LogP contribution in [0.4, 0.5) is 0 Å². The van der Waals surface area contributed by atoms with E-state index >= 15 is 0 Å². The third-order valence-corrected chi connectivity index (χ3v) is 4.31. The lowest BCUT2D eigenvalue weighted by atomic mass is 9.96. The van der Waals surface area contributed by atoms with E-state index in [1.54, 1.807) is 17.5 Å².